The molecule has 0 radical (unpaired) electrons. The monoisotopic (exact) mass is 270 g/mol. The molecule has 1 aromatic carbocycles. The van der Waals surface area contributed by atoms with E-state index < -0.39 is 0 Å². The van der Waals surface area contributed by atoms with Crippen molar-refractivity contribution in [2.24, 2.45) is 0 Å². The Balaban J connectivity index is 2.88. The number of fused-ring (bicyclic) bond motifs is 1. The van der Waals surface area contributed by atoms with Crippen LogP contribution in [-0.2, 0) is 0 Å². The summed E-state index contributed by atoms with van der Waals surface area (Å²) >= 11 is 2.26. The van der Waals surface area contributed by atoms with Crippen LogP contribution in [0.3, 0.4) is 0 Å². The summed E-state index contributed by atoms with van der Waals surface area (Å²) in [4.78, 5) is 4.02. The van der Waals surface area contributed by atoms with Crippen molar-refractivity contribution in [2.45, 2.75) is 0 Å². The first-order valence-electron chi connectivity index (χ1n) is 3.57. The number of nitrogen functional groups attached to an aromatic ring is 1. The third-order valence-electron chi connectivity index (χ3n) is 1.76. The molecule has 0 spiro atoms. The molecule has 0 aliphatic carbocycles. The van der Waals surface area contributed by atoms with Gasteiger partial charge in [-0.1, -0.05) is 6.07 Å². The Morgan fingerprint density at radius 1 is 1.25 bits per heavy atom. The van der Waals surface area contributed by atoms with Gasteiger partial charge in [-0.3, -0.25) is 0 Å². The number of aromatic nitrogens is 1. The van der Waals surface area contributed by atoms with Crippen LogP contribution in [0.1, 0.15) is 0 Å². The fourth-order valence-electron chi connectivity index (χ4n) is 1.16. The van der Waals surface area contributed by atoms with Gasteiger partial charge in [0, 0.05) is 15.2 Å². The van der Waals surface area contributed by atoms with Crippen molar-refractivity contribution in [3.63, 3.8) is 0 Å². The van der Waals surface area contributed by atoms with Crippen LogP contribution in [0.15, 0.2) is 30.5 Å². The maximum atomic E-state index is 5.71. The zero-order valence-electron chi connectivity index (χ0n) is 6.29. The van der Waals surface area contributed by atoms with Gasteiger partial charge >= 0.3 is 0 Å². The molecular formula is C9H7IN2. The summed E-state index contributed by atoms with van der Waals surface area (Å²) in [5.41, 5.74) is 5.71. The van der Waals surface area contributed by atoms with E-state index in [1.165, 1.54) is 3.57 Å². The van der Waals surface area contributed by atoms with Crippen LogP contribution in [-0.4, -0.2) is 4.98 Å². The molecule has 12 heavy (non-hydrogen) atoms. The lowest BCUT2D eigenvalue weighted by atomic mass is 10.2. The zero-order chi connectivity index (χ0) is 8.55. The summed E-state index contributed by atoms with van der Waals surface area (Å²) in [5, 5.41) is 2.17. The highest BCUT2D eigenvalue weighted by atomic mass is 127. The van der Waals surface area contributed by atoms with E-state index in [4.69, 9.17) is 5.73 Å². The van der Waals surface area contributed by atoms with Gasteiger partial charge in [-0.25, -0.2) is 4.98 Å². The Bertz CT molecular complexity index is 426. The summed E-state index contributed by atoms with van der Waals surface area (Å²) in [7, 11) is 0. The van der Waals surface area contributed by atoms with Gasteiger partial charge in [-0.15, -0.1) is 0 Å². The average molecular weight is 270 g/mol. The van der Waals surface area contributed by atoms with E-state index in [0.29, 0.717) is 5.82 Å². The molecule has 60 valence electrons. The van der Waals surface area contributed by atoms with Crippen LogP contribution >= 0.6 is 22.6 Å². The molecule has 2 nitrogen and oxygen atoms in total. The van der Waals surface area contributed by atoms with Crippen molar-refractivity contribution in [1.29, 1.82) is 0 Å². The number of rotatable bonds is 0. The minimum absolute atomic E-state index is 0.603. The Morgan fingerprint density at radius 3 is 2.92 bits per heavy atom. The second-order valence-corrected chi connectivity index (χ2v) is 3.81. The van der Waals surface area contributed by atoms with Gasteiger partial charge in [0.1, 0.15) is 5.82 Å². The van der Waals surface area contributed by atoms with Crippen molar-refractivity contribution in [3.05, 3.63) is 34.0 Å². The van der Waals surface area contributed by atoms with Crippen molar-refractivity contribution < 1.29 is 0 Å². The molecule has 2 rings (SSSR count). The van der Waals surface area contributed by atoms with E-state index in [0.717, 1.165) is 10.8 Å². The van der Waals surface area contributed by atoms with Gasteiger partial charge in [-0.05, 0) is 46.2 Å². The molecular weight excluding hydrogens is 263 g/mol. The van der Waals surface area contributed by atoms with Crippen LogP contribution in [0.5, 0.6) is 0 Å². The van der Waals surface area contributed by atoms with Crippen LogP contribution in [0.2, 0.25) is 0 Å². The third kappa shape index (κ3) is 1.24. The number of nitrogens with zero attached hydrogens (tertiary/aromatic N) is 1. The standard InChI is InChI=1S/C9H7IN2/c10-7-2-1-6-3-4-12-9(11)8(6)5-7/h1-5H,(H2,11,12). The van der Waals surface area contributed by atoms with E-state index in [-0.39, 0.29) is 0 Å². The molecule has 3 heteroatoms. The SMILES string of the molecule is Nc1nccc2ccc(I)cc12. The van der Waals surface area contributed by atoms with Crippen molar-refractivity contribution in [2.75, 3.05) is 5.73 Å². The Morgan fingerprint density at radius 2 is 2.08 bits per heavy atom. The predicted octanol–water partition coefficient (Wildman–Crippen LogP) is 2.42. The first kappa shape index (κ1) is 7.79. The molecule has 0 amide bonds. The van der Waals surface area contributed by atoms with E-state index in [1.807, 2.05) is 12.1 Å². The van der Waals surface area contributed by atoms with Crippen LogP contribution in [0.25, 0.3) is 10.8 Å². The van der Waals surface area contributed by atoms with Gasteiger partial charge in [-0.2, -0.15) is 0 Å². The average Bonchev–Trinajstić information content (AvgIpc) is 2.07. The quantitative estimate of drug-likeness (QED) is 0.747. The number of hydrogen-bond acceptors (Lipinski definition) is 2. The summed E-state index contributed by atoms with van der Waals surface area (Å²) in [6, 6.07) is 8.11. The molecule has 0 saturated carbocycles. The number of nitrogens with two attached hydrogens (primary N) is 1. The Hall–Kier alpha value is -0.840. The lowest BCUT2D eigenvalue weighted by molar-refractivity contribution is 1.37. The minimum Gasteiger partial charge on any atom is -0.383 e. The highest BCUT2D eigenvalue weighted by Crippen LogP contribution is 2.20. The minimum atomic E-state index is 0.603. The first-order chi connectivity index (χ1) is 5.77. The second-order valence-electron chi connectivity index (χ2n) is 2.56. The summed E-state index contributed by atoms with van der Waals surface area (Å²) in [5.74, 6) is 0.603. The maximum absolute atomic E-state index is 5.71. The number of pyridine rings is 1. The molecule has 1 aromatic heterocycles. The molecule has 0 aliphatic rings. The first-order valence-corrected chi connectivity index (χ1v) is 4.65. The lowest BCUT2D eigenvalue weighted by Crippen LogP contribution is -1.90. The molecule has 0 unspecified atom stereocenters. The van der Waals surface area contributed by atoms with Crippen LogP contribution in [0.4, 0.5) is 5.82 Å². The van der Waals surface area contributed by atoms with Gasteiger partial charge in [0.2, 0.25) is 0 Å². The largest absolute Gasteiger partial charge is 0.383 e. The maximum Gasteiger partial charge on any atom is 0.131 e. The van der Waals surface area contributed by atoms with E-state index in [9.17, 15) is 0 Å². The van der Waals surface area contributed by atoms with Gasteiger partial charge in [0.05, 0.1) is 0 Å². The second kappa shape index (κ2) is 2.90. The molecule has 2 N–H and O–H groups in total. The summed E-state index contributed by atoms with van der Waals surface area (Å²) in [6.45, 7) is 0. The highest BCUT2D eigenvalue weighted by molar-refractivity contribution is 14.1. The summed E-state index contributed by atoms with van der Waals surface area (Å²) < 4.78 is 1.18. The van der Waals surface area contributed by atoms with Crippen molar-refractivity contribution in [3.8, 4) is 0 Å². The number of halogens is 1. The van der Waals surface area contributed by atoms with Crippen molar-refractivity contribution in [1.82, 2.24) is 4.98 Å². The fourth-order valence-corrected chi connectivity index (χ4v) is 1.65. The number of benzene rings is 1. The number of hydrogen-bond donors (Lipinski definition) is 1. The van der Waals surface area contributed by atoms with E-state index in [2.05, 4.69) is 39.7 Å². The molecule has 0 bridgehead atoms. The lowest BCUT2D eigenvalue weighted by Gasteiger charge is -2.00. The third-order valence-corrected chi connectivity index (χ3v) is 2.43. The highest BCUT2D eigenvalue weighted by Gasteiger charge is 1.97. The smallest absolute Gasteiger partial charge is 0.131 e. The van der Waals surface area contributed by atoms with Crippen molar-refractivity contribution >= 4 is 39.2 Å². The van der Waals surface area contributed by atoms with Crippen LogP contribution in [0, 0.1) is 3.57 Å². The summed E-state index contributed by atoms with van der Waals surface area (Å²) in [6.07, 6.45) is 1.73. The van der Waals surface area contributed by atoms with Gasteiger partial charge in [0.25, 0.3) is 0 Å². The predicted molar refractivity (Wildman–Crippen MR) is 58.9 cm³/mol. The normalized spacial score (nSPS) is 10.4. The topological polar surface area (TPSA) is 38.9 Å². The molecule has 0 aliphatic heterocycles. The fraction of sp³-hybridized carbons (Fsp3) is 0. The van der Waals surface area contributed by atoms with E-state index >= 15 is 0 Å². The molecule has 2 aromatic rings. The molecule has 0 fully saturated rings. The Kier molecular flexibility index (Phi) is 1.88. The zero-order valence-corrected chi connectivity index (χ0v) is 8.45. The Labute approximate surface area is 83.9 Å². The molecule has 1 heterocycles. The van der Waals surface area contributed by atoms with Gasteiger partial charge < -0.3 is 5.73 Å². The van der Waals surface area contributed by atoms with E-state index in [1.54, 1.807) is 6.20 Å². The molecule has 0 saturated heterocycles. The molecule has 0 atom stereocenters. The number of anilines is 1. The van der Waals surface area contributed by atoms with Crippen LogP contribution < -0.4 is 5.73 Å². The van der Waals surface area contributed by atoms with Gasteiger partial charge in [0.15, 0.2) is 0 Å².